The van der Waals surface area contributed by atoms with E-state index < -0.39 is 47.2 Å². The van der Waals surface area contributed by atoms with Crippen molar-refractivity contribution in [2.75, 3.05) is 6.61 Å². The number of carbonyl (C=O) groups is 4. The maximum atomic E-state index is 14.5. The fourth-order valence-corrected chi connectivity index (χ4v) is 7.55. The minimum Gasteiger partial charge on any atom is -0.461 e. The lowest BCUT2D eigenvalue weighted by Gasteiger charge is -2.41. The molecule has 1 spiro atoms. The predicted molar refractivity (Wildman–Crippen MR) is 145 cm³/mol. The summed E-state index contributed by atoms with van der Waals surface area (Å²) in [6.45, 7) is 11.0. The van der Waals surface area contributed by atoms with Crippen LogP contribution in [-0.4, -0.2) is 53.7 Å². The van der Waals surface area contributed by atoms with Gasteiger partial charge in [-0.3, -0.25) is 19.2 Å². The summed E-state index contributed by atoms with van der Waals surface area (Å²) in [6, 6.07) is 9.25. The Morgan fingerprint density at radius 3 is 2.33 bits per heavy atom. The lowest BCUT2D eigenvalue weighted by Crippen LogP contribution is -2.58. The number of epoxide rings is 1. The lowest BCUT2D eigenvalue weighted by atomic mass is 9.74. The van der Waals surface area contributed by atoms with Gasteiger partial charge in [0.1, 0.15) is 17.8 Å². The number of ketones is 1. The fourth-order valence-electron chi connectivity index (χ4n) is 7.55. The summed E-state index contributed by atoms with van der Waals surface area (Å²) in [5.74, 6) is -2.72. The molecule has 0 bridgehead atoms. The second-order valence-electron chi connectivity index (χ2n) is 12.9. The van der Waals surface area contributed by atoms with Crippen molar-refractivity contribution < 1.29 is 38.1 Å². The number of esters is 3. The van der Waals surface area contributed by atoms with Gasteiger partial charge < -0.3 is 18.9 Å². The molecular formula is C32H40O8. The maximum absolute atomic E-state index is 14.5. The van der Waals surface area contributed by atoms with Crippen molar-refractivity contribution in [3.63, 3.8) is 0 Å². The van der Waals surface area contributed by atoms with E-state index in [1.54, 1.807) is 6.92 Å². The van der Waals surface area contributed by atoms with Crippen LogP contribution < -0.4 is 0 Å². The summed E-state index contributed by atoms with van der Waals surface area (Å²) in [7, 11) is 0. The molecule has 3 fully saturated rings. The third-order valence-electron chi connectivity index (χ3n) is 9.71. The number of rotatable bonds is 5. The Bertz CT molecular complexity index is 1230. The summed E-state index contributed by atoms with van der Waals surface area (Å²) >= 11 is 0. The van der Waals surface area contributed by atoms with E-state index in [1.807, 2.05) is 43.3 Å². The molecule has 8 heteroatoms. The number of hydrogen-bond acceptors (Lipinski definition) is 8. The quantitative estimate of drug-likeness (QED) is 0.301. The Morgan fingerprint density at radius 2 is 1.73 bits per heavy atom. The average molecular weight is 553 g/mol. The van der Waals surface area contributed by atoms with Crippen molar-refractivity contribution in [3.05, 3.63) is 47.5 Å². The van der Waals surface area contributed by atoms with Gasteiger partial charge in [-0.1, -0.05) is 57.2 Å². The molecule has 1 aromatic rings. The Hall–Kier alpha value is -3.00. The average Bonchev–Trinajstić information content (AvgIpc) is 3.73. The molecular weight excluding hydrogens is 512 g/mol. The first kappa shape index (κ1) is 28.5. The highest BCUT2D eigenvalue weighted by Gasteiger charge is 2.71. The highest BCUT2D eigenvalue weighted by molar-refractivity contribution is 6.03. The summed E-state index contributed by atoms with van der Waals surface area (Å²) in [6.07, 6.45) is 1.85. The van der Waals surface area contributed by atoms with E-state index >= 15 is 0 Å². The zero-order chi connectivity index (χ0) is 29.0. The van der Waals surface area contributed by atoms with Gasteiger partial charge in [0.15, 0.2) is 5.60 Å². The molecule has 0 amide bonds. The van der Waals surface area contributed by atoms with Gasteiger partial charge in [0, 0.05) is 20.3 Å². The van der Waals surface area contributed by atoms with Crippen LogP contribution in [0.25, 0.3) is 0 Å². The molecule has 0 unspecified atom stereocenters. The topological polar surface area (TPSA) is 108 Å². The first-order valence-electron chi connectivity index (χ1n) is 14.3. The van der Waals surface area contributed by atoms with E-state index in [0.29, 0.717) is 24.5 Å². The number of allylic oxidation sites excluding steroid dienone is 1. The molecule has 1 aromatic carbocycles. The molecule has 216 valence electrons. The molecule has 1 saturated heterocycles. The van der Waals surface area contributed by atoms with Gasteiger partial charge in [-0.05, 0) is 54.1 Å². The van der Waals surface area contributed by atoms with Gasteiger partial charge in [-0.25, -0.2) is 0 Å². The Balaban J connectivity index is 1.61. The lowest BCUT2D eigenvalue weighted by molar-refractivity contribution is -0.190. The summed E-state index contributed by atoms with van der Waals surface area (Å²) in [5, 5.41) is 0. The molecule has 0 radical (unpaired) electrons. The van der Waals surface area contributed by atoms with Crippen LogP contribution >= 0.6 is 0 Å². The second kappa shape index (κ2) is 10.1. The van der Waals surface area contributed by atoms with Gasteiger partial charge in [-0.15, -0.1) is 0 Å². The van der Waals surface area contributed by atoms with Crippen LogP contribution in [-0.2, 0) is 44.5 Å². The van der Waals surface area contributed by atoms with Crippen molar-refractivity contribution in [1.29, 1.82) is 0 Å². The molecule has 0 N–H and O–H groups in total. The van der Waals surface area contributed by atoms with E-state index in [2.05, 4.69) is 13.8 Å². The molecule has 0 aromatic heterocycles. The zero-order valence-corrected chi connectivity index (χ0v) is 24.2. The highest BCUT2D eigenvalue weighted by Crippen LogP contribution is 2.64. The van der Waals surface area contributed by atoms with Crippen LogP contribution in [0.2, 0.25) is 0 Å². The van der Waals surface area contributed by atoms with Crippen LogP contribution in [0.3, 0.4) is 0 Å². The first-order chi connectivity index (χ1) is 18.8. The van der Waals surface area contributed by atoms with Gasteiger partial charge in [-0.2, -0.15) is 0 Å². The minimum absolute atomic E-state index is 0.0141. The van der Waals surface area contributed by atoms with Gasteiger partial charge in [0.2, 0.25) is 5.78 Å². The summed E-state index contributed by atoms with van der Waals surface area (Å²) in [5.41, 5.74) is -1.22. The van der Waals surface area contributed by atoms with E-state index in [-0.39, 0.29) is 35.9 Å². The molecule has 40 heavy (non-hydrogen) atoms. The Morgan fingerprint density at radius 1 is 1.05 bits per heavy atom. The van der Waals surface area contributed by atoms with Gasteiger partial charge in [0.05, 0.1) is 18.9 Å². The standard InChI is InChI=1S/C32H40O8/c1-18-14-24-23(30(24,5)6)12-13-31(17-37-31)29(38-20(3)33)26-27(39-25(35)15-22-10-8-7-9-11-22)19(2)16-32(26,28(18)36)40-21(4)34/h7-11,14,19,23-24,26-27,29H,12-13,15-17H2,1-6H3/t19-,23+,24-,26+,27-,29-,31+,32-/m1/s1. The molecule has 1 heterocycles. The zero-order valence-electron chi connectivity index (χ0n) is 24.2. The number of carbonyl (C=O) groups excluding carboxylic acids is 4. The maximum Gasteiger partial charge on any atom is 0.310 e. The third-order valence-corrected chi connectivity index (χ3v) is 9.71. The number of fused-ring (bicyclic) bond motifs is 2. The Kier molecular flexibility index (Phi) is 7.22. The van der Waals surface area contributed by atoms with Crippen LogP contribution in [0.4, 0.5) is 0 Å². The van der Waals surface area contributed by atoms with E-state index in [1.165, 1.54) is 13.8 Å². The monoisotopic (exact) mass is 552 g/mol. The largest absolute Gasteiger partial charge is 0.461 e. The van der Waals surface area contributed by atoms with Gasteiger partial charge in [0.25, 0.3) is 0 Å². The van der Waals surface area contributed by atoms with Crippen LogP contribution in [0, 0.1) is 29.1 Å². The smallest absolute Gasteiger partial charge is 0.310 e. The van der Waals surface area contributed by atoms with Crippen molar-refractivity contribution in [3.8, 4) is 0 Å². The van der Waals surface area contributed by atoms with Crippen molar-refractivity contribution in [2.24, 2.45) is 29.1 Å². The number of hydrogen-bond donors (Lipinski definition) is 0. The summed E-state index contributed by atoms with van der Waals surface area (Å²) < 4.78 is 24.2. The predicted octanol–water partition coefficient (Wildman–Crippen LogP) is 4.38. The molecule has 8 atom stereocenters. The van der Waals surface area contributed by atoms with Crippen molar-refractivity contribution in [1.82, 2.24) is 0 Å². The number of benzene rings is 1. The molecule has 5 rings (SSSR count). The Labute approximate surface area is 235 Å². The summed E-state index contributed by atoms with van der Waals surface area (Å²) in [4.78, 5) is 52.9. The third kappa shape index (κ3) is 5.00. The van der Waals surface area contributed by atoms with Crippen LogP contribution in [0.15, 0.2) is 42.0 Å². The SMILES string of the molecule is CC(=O)O[C@@H]1[C@@H]2[C@H](OC(=O)Cc3ccccc3)[C@H](C)C[C@]2(OC(C)=O)C(=O)C(C)=C[C@@H]2[C@H](CC[C@]13CO3)C2(C)C. The van der Waals surface area contributed by atoms with Crippen LogP contribution in [0.1, 0.15) is 66.4 Å². The fraction of sp³-hybridized carbons (Fsp3) is 0.625. The molecule has 8 nitrogen and oxygen atoms in total. The normalized spacial score (nSPS) is 37.8. The van der Waals surface area contributed by atoms with Crippen molar-refractivity contribution in [2.45, 2.75) is 90.6 Å². The van der Waals surface area contributed by atoms with E-state index in [0.717, 1.165) is 12.0 Å². The van der Waals surface area contributed by atoms with Crippen molar-refractivity contribution >= 4 is 23.7 Å². The highest BCUT2D eigenvalue weighted by atomic mass is 16.6. The first-order valence-corrected chi connectivity index (χ1v) is 14.3. The van der Waals surface area contributed by atoms with E-state index in [4.69, 9.17) is 18.9 Å². The molecule has 3 aliphatic carbocycles. The number of ether oxygens (including phenoxy) is 4. The van der Waals surface area contributed by atoms with E-state index in [9.17, 15) is 19.2 Å². The van der Waals surface area contributed by atoms with Gasteiger partial charge >= 0.3 is 17.9 Å². The van der Waals surface area contributed by atoms with Crippen LogP contribution in [0.5, 0.6) is 0 Å². The second-order valence-corrected chi connectivity index (χ2v) is 12.9. The number of Topliss-reactive ketones (excluding diaryl/α,β-unsaturated/α-hetero) is 1. The molecule has 4 aliphatic rings. The minimum atomic E-state index is -1.68. The molecule has 1 aliphatic heterocycles. The molecule has 2 saturated carbocycles.